The summed E-state index contributed by atoms with van der Waals surface area (Å²) in [5, 5.41) is 3.93. The predicted molar refractivity (Wildman–Crippen MR) is 122 cm³/mol. The summed E-state index contributed by atoms with van der Waals surface area (Å²) in [6.07, 6.45) is 10.4. The van der Waals surface area contributed by atoms with E-state index in [-0.39, 0.29) is 17.6 Å². The molecule has 31 heavy (non-hydrogen) atoms. The van der Waals surface area contributed by atoms with Crippen LogP contribution in [0.4, 0.5) is 0 Å². The van der Waals surface area contributed by atoms with Gasteiger partial charge in [-0.15, -0.1) is 0 Å². The lowest BCUT2D eigenvalue weighted by atomic mass is 9.73. The first kappa shape index (κ1) is 20.7. The zero-order valence-electron chi connectivity index (χ0n) is 17.9. The van der Waals surface area contributed by atoms with Gasteiger partial charge in [-0.25, -0.2) is 0 Å². The smallest absolute Gasteiger partial charge is 0.220 e. The first-order valence-corrected chi connectivity index (χ1v) is 12.0. The van der Waals surface area contributed by atoms with Crippen LogP contribution in [0.15, 0.2) is 42.5 Å². The van der Waals surface area contributed by atoms with Crippen LogP contribution in [0.25, 0.3) is 0 Å². The Morgan fingerprint density at radius 3 is 2.74 bits per heavy atom. The van der Waals surface area contributed by atoms with E-state index in [0.717, 1.165) is 54.7 Å². The van der Waals surface area contributed by atoms with Crippen molar-refractivity contribution in [1.29, 1.82) is 0 Å². The average molecular weight is 440 g/mol. The molecule has 1 heterocycles. The van der Waals surface area contributed by atoms with Crippen LogP contribution in [0.1, 0.15) is 75.0 Å². The molecule has 2 fully saturated rings. The quantitative estimate of drug-likeness (QED) is 0.586. The predicted octanol–water partition coefficient (Wildman–Crippen LogP) is 6.16. The minimum absolute atomic E-state index is 0.0488. The van der Waals surface area contributed by atoms with E-state index >= 15 is 0 Å². The fourth-order valence-corrected chi connectivity index (χ4v) is 5.33. The fourth-order valence-electron chi connectivity index (χ4n) is 5.14. The fraction of sp³-hybridized carbons (Fsp3) is 0.500. The van der Waals surface area contributed by atoms with Crippen LogP contribution in [-0.4, -0.2) is 17.6 Å². The molecule has 0 bridgehead atoms. The first-order valence-electron chi connectivity index (χ1n) is 11.6. The van der Waals surface area contributed by atoms with Gasteiger partial charge in [0.15, 0.2) is 0 Å². The van der Waals surface area contributed by atoms with Crippen molar-refractivity contribution >= 4 is 17.5 Å². The number of fused-ring (bicyclic) bond motifs is 1. The van der Waals surface area contributed by atoms with Gasteiger partial charge in [-0.1, -0.05) is 23.7 Å². The van der Waals surface area contributed by atoms with Gasteiger partial charge in [-0.3, -0.25) is 4.79 Å². The molecular formula is C26H30ClNO3. The highest BCUT2D eigenvalue weighted by molar-refractivity contribution is 6.30. The van der Waals surface area contributed by atoms with E-state index in [0.29, 0.717) is 24.0 Å². The lowest BCUT2D eigenvalue weighted by Gasteiger charge is -2.48. The third-order valence-corrected chi connectivity index (χ3v) is 7.23. The monoisotopic (exact) mass is 439 g/mol. The molecule has 0 aromatic heterocycles. The van der Waals surface area contributed by atoms with Gasteiger partial charge in [0.25, 0.3) is 0 Å². The van der Waals surface area contributed by atoms with E-state index in [2.05, 4.69) is 17.4 Å². The first-order chi connectivity index (χ1) is 15.1. The molecule has 0 saturated heterocycles. The molecule has 164 valence electrons. The molecule has 2 aromatic rings. The number of rotatable bonds is 6. The molecule has 5 heteroatoms. The van der Waals surface area contributed by atoms with E-state index in [1.165, 1.54) is 19.3 Å². The van der Waals surface area contributed by atoms with E-state index in [9.17, 15) is 4.79 Å². The van der Waals surface area contributed by atoms with E-state index in [4.69, 9.17) is 21.1 Å². The van der Waals surface area contributed by atoms with Crippen LogP contribution in [0.2, 0.25) is 5.02 Å². The topological polar surface area (TPSA) is 47.6 Å². The Balaban J connectivity index is 1.21. The Morgan fingerprint density at radius 1 is 1.13 bits per heavy atom. The summed E-state index contributed by atoms with van der Waals surface area (Å²) >= 11 is 6.23. The van der Waals surface area contributed by atoms with E-state index < -0.39 is 0 Å². The molecule has 2 aromatic carbocycles. The lowest BCUT2D eigenvalue weighted by molar-refractivity contribution is -0.123. The molecule has 0 unspecified atom stereocenters. The highest BCUT2D eigenvalue weighted by atomic mass is 35.5. The number of nitrogens with one attached hydrogen (secondary N) is 1. The number of aryl methyl sites for hydroxylation is 1. The molecule has 1 amide bonds. The van der Waals surface area contributed by atoms with Gasteiger partial charge in [0, 0.05) is 23.4 Å². The maximum Gasteiger partial charge on any atom is 0.220 e. The van der Waals surface area contributed by atoms with Gasteiger partial charge in [0.1, 0.15) is 17.1 Å². The average Bonchev–Trinajstić information content (AvgIpc) is 3.25. The van der Waals surface area contributed by atoms with Gasteiger partial charge in [-0.05, 0) is 87.3 Å². The Hall–Kier alpha value is -2.20. The van der Waals surface area contributed by atoms with Crippen LogP contribution in [0.3, 0.4) is 0 Å². The highest BCUT2D eigenvalue weighted by Gasteiger charge is 2.45. The molecule has 1 aliphatic heterocycles. The second-order valence-corrected chi connectivity index (χ2v) is 9.75. The van der Waals surface area contributed by atoms with E-state index in [1.807, 2.05) is 30.3 Å². The zero-order chi connectivity index (χ0) is 21.3. The molecule has 3 aliphatic rings. The number of amides is 1. The van der Waals surface area contributed by atoms with Crippen LogP contribution in [-0.2, 0) is 11.2 Å². The lowest BCUT2D eigenvalue weighted by Crippen LogP contribution is -2.49. The summed E-state index contributed by atoms with van der Waals surface area (Å²) in [6.45, 7) is 0. The van der Waals surface area contributed by atoms with Crippen LogP contribution in [0, 0.1) is 0 Å². The van der Waals surface area contributed by atoms with E-state index in [1.54, 1.807) is 0 Å². The second-order valence-electron chi connectivity index (χ2n) is 9.32. The zero-order valence-corrected chi connectivity index (χ0v) is 18.6. The largest absolute Gasteiger partial charge is 0.490 e. The summed E-state index contributed by atoms with van der Waals surface area (Å²) in [6, 6.07) is 13.9. The molecule has 0 radical (unpaired) electrons. The molecule has 5 rings (SSSR count). The van der Waals surface area contributed by atoms with Crippen molar-refractivity contribution in [2.24, 2.45) is 0 Å². The van der Waals surface area contributed by atoms with Gasteiger partial charge in [0.05, 0.1) is 12.1 Å². The van der Waals surface area contributed by atoms with Crippen LogP contribution in [0.5, 0.6) is 11.5 Å². The number of benzene rings is 2. The molecular weight excluding hydrogens is 410 g/mol. The Labute approximate surface area is 189 Å². The Kier molecular flexibility index (Phi) is 5.83. The van der Waals surface area contributed by atoms with Gasteiger partial charge < -0.3 is 14.8 Å². The highest BCUT2D eigenvalue weighted by Crippen LogP contribution is 2.49. The normalized spacial score (nSPS) is 21.8. The maximum absolute atomic E-state index is 12.8. The Bertz CT molecular complexity index is 949. The van der Waals surface area contributed by atoms with Crippen molar-refractivity contribution < 1.29 is 14.3 Å². The molecule has 4 nitrogen and oxygen atoms in total. The van der Waals surface area contributed by atoms with Crippen molar-refractivity contribution in [2.75, 3.05) is 0 Å². The molecule has 2 aliphatic carbocycles. The number of hydrogen-bond donors (Lipinski definition) is 1. The van der Waals surface area contributed by atoms with Crippen molar-refractivity contribution in [1.82, 2.24) is 5.32 Å². The Morgan fingerprint density at radius 2 is 1.97 bits per heavy atom. The summed E-state index contributed by atoms with van der Waals surface area (Å²) in [4.78, 5) is 12.8. The number of halogens is 1. The van der Waals surface area contributed by atoms with Gasteiger partial charge in [-0.2, -0.15) is 0 Å². The summed E-state index contributed by atoms with van der Waals surface area (Å²) in [7, 11) is 0. The van der Waals surface area contributed by atoms with Crippen molar-refractivity contribution in [3.63, 3.8) is 0 Å². The minimum Gasteiger partial charge on any atom is -0.490 e. The second kappa shape index (κ2) is 8.74. The minimum atomic E-state index is -0.120. The summed E-state index contributed by atoms with van der Waals surface area (Å²) in [5.41, 5.74) is 2.01. The molecule has 1 N–H and O–H groups in total. The van der Waals surface area contributed by atoms with Crippen molar-refractivity contribution in [3.8, 4) is 11.5 Å². The molecule has 1 spiro atoms. The van der Waals surface area contributed by atoms with Crippen LogP contribution < -0.4 is 14.8 Å². The van der Waals surface area contributed by atoms with Gasteiger partial charge >= 0.3 is 0 Å². The van der Waals surface area contributed by atoms with Crippen molar-refractivity contribution in [2.45, 2.75) is 82.0 Å². The SMILES string of the molecule is O=C(CCc1cccc(OC2CCCC2)c1)N[C@@H]1CC2(CCC2)Oc2ccc(Cl)cc21. The standard InChI is InChI=1S/C26H30ClNO3/c27-19-10-11-24-22(16-19)23(17-26(31-24)13-4-14-26)28-25(29)12-9-18-5-3-8-21(15-18)30-20-6-1-2-7-20/h3,5,8,10-11,15-16,20,23H,1-2,4,6-7,9,12-14,17H2,(H,28,29)/t23-/m1/s1. The van der Waals surface area contributed by atoms with Gasteiger partial charge in [0.2, 0.25) is 5.91 Å². The molecule has 2 saturated carbocycles. The molecule has 1 atom stereocenters. The number of carbonyl (C=O) groups excluding carboxylic acids is 1. The summed E-state index contributed by atoms with van der Waals surface area (Å²) < 4.78 is 12.4. The number of hydrogen-bond acceptors (Lipinski definition) is 3. The van der Waals surface area contributed by atoms with Crippen molar-refractivity contribution in [3.05, 3.63) is 58.6 Å². The van der Waals surface area contributed by atoms with Crippen LogP contribution >= 0.6 is 11.6 Å². The number of ether oxygens (including phenoxy) is 2. The summed E-state index contributed by atoms with van der Waals surface area (Å²) in [5.74, 6) is 1.84. The third kappa shape index (κ3) is 4.69. The maximum atomic E-state index is 12.8. The third-order valence-electron chi connectivity index (χ3n) is 6.99. The number of carbonyl (C=O) groups is 1.